The lowest BCUT2D eigenvalue weighted by Crippen LogP contribution is -2.18. The van der Waals surface area contributed by atoms with Gasteiger partial charge in [0.1, 0.15) is 11.5 Å². The molecule has 0 bridgehead atoms. The molecule has 0 radical (unpaired) electrons. The lowest BCUT2D eigenvalue weighted by atomic mass is 10.1. The summed E-state index contributed by atoms with van der Waals surface area (Å²) in [5.41, 5.74) is 1.69. The number of nitrogens with zero attached hydrogens (tertiary/aromatic N) is 1. The summed E-state index contributed by atoms with van der Waals surface area (Å²) in [5, 5.41) is 4.59. The van der Waals surface area contributed by atoms with Gasteiger partial charge in [-0.3, -0.25) is 4.79 Å². The monoisotopic (exact) mass is 426 g/mol. The van der Waals surface area contributed by atoms with Crippen molar-refractivity contribution in [2.45, 2.75) is 6.18 Å². The van der Waals surface area contributed by atoms with Crippen molar-refractivity contribution in [3.63, 3.8) is 0 Å². The lowest BCUT2D eigenvalue weighted by Gasteiger charge is -2.07. The van der Waals surface area contributed by atoms with E-state index >= 15 is 0 Å². The van der Waals surface area contributed by atoms with E-state index in [0.29, 0.717) is 27.1 Å². The molecule has 0 unspecified atom stereocenters. The second-order valence-electron chi connectivity index (χ2n) is 5.60. The zero-order valence-corrected chi connectivity index (χ0v) is 15.4. The number of nitrogens with one attached hydrogen (secondary N) is 1. The highest BCUT2D eigenvalue weighted by molar-refractivity contribution is 6.36. The molecule has 0 fully saturated rings. The Bertz CT molecular complexity index is 1050. The molecule has 28 heavy (non-hydrogen) atoms. The topological polar surface area (TPSA) is 54.6 Å². The van der Waals surface area contributed by atoms with E-state index in [1.165, 1.54) is 12.3 Å². The summed E-state index contributed by atoms with van der Waals surface area (Å²) in [7, 11) is 0. The van der Waals surface area contributed by atoms with Gasteiger partial charge < -0.3 is 4.42 Å². The first-order valence-corrected chi connectivity index (χ1v) is 8.55. The summed E-state index contributed by atoms with van der Waals surface area (Å²) in [5.74, 6) is -0.00689. The second kappa shape index (κ2) is 8.08. The second-order valence-corrected chi connectivity index (χ2v) is 6.45. The minimum atomic E-state index is -4.53. The summed E-state index contributed by atoms with van der Waals surface area (Å²) in [4.78, 5) is 12.0. The molecule has 1 heterocycles. The molecule has 0 saturated carbocycles. The molecule has 3 aromatic rings. The van der Waals surface area contributed by atoms with Gasteiger partial charge in [-0.1, -0.05) is 29.3 Å². The average molecular weight is 427 g/mol. The molecule has 4 nitrogen and oxygen atoms in total. The van der Waals surface area contributed by atoms with Gasteiger partial charge in [-0.05, 0) is 48.5 Å². The van der Waals surface area contributed by atoms with Gasteiger partial charge >= 0.3 is 6.18 Å². The van der Waals surface area contributed by atoms with Crippen molar-refractivity contribution in [2.24, 2.45) is 5.10 Å². The number of hydrogen-bond acceptors (Lipinski definition) is 3. The number of carbonyl (C=O) groups excluding carboxylic acids is 1. The molecule has 0 aliphatic rings. The van der Waals surface area contributed by atoms with Gasteiger partial charge in [-0.2, -0.15) is 18.3 Å². The Kier molecular flexibility index (Phi) is 5.76. The maximum atomic E-state index is 12.7. The number of halogens is 5. The van der Waals surface area contributed by atoms with Crippen molar-refractivity contribution in [1.29, 1.82) is 0 Å². The normalized spacial score (nSPS) is 11.8. The summed E-state index contributed by atoms with van der Waals surface area (Å²) >= 11 is 12.0. The number of rotatable bonds is 4. The molecular formula is C19H11Cl2F3N2O2. The quantitative estimate of drug-likeness (QED) is 0.408. The highest BCUT2D eigenvalue weighted by Crippen LogP contribution is 2.31. The zero-order valence-electron chi connectivity index (χ0n) is 13.9. The molecule has 1 N–H and O–H groups in total. The summed E-state index contributed by atoms with van der Waals surface area (Å²) in [6.45, 7) is 0. The summed E-state index contributed by atoms with van der Waals surface area (Å²) in [6, 6.07) is 12.2. The first kappa shape index (κ1) is 20.0. The number of furan rings is 1. The van der Waals surface area contributed by atoms with Crippen molar-refractivity contribution in [3.8, 4) is 11.3 Å². The molecule has 0 spiro atoms. The van der Waals surface area contributed by atoms with Gasteiger partial charge in [0.2, 0.25) is 0 Å². The molecule has 2 aromatic carbocycles. The number of amides is 1. The van der Waals surface area contributed by atoms with Crippen LogP contribution in [-0.2, 0) is 6.18 Å². The molecule has 9 heteroatoms. The SMILES string of the molecule is O=C(N/N=C/c1ccc(-c2ccc(Cl)cc2Cl)o1)c1cccc(C(F)(F)F)c1. The van der Waals surface area contributed by atoms with E-state index in [2.05, 4.69) is 10.5 Å². The first-order chi connectivity index (χ1) is 13.2. The van der Waals surface area contributed by atoms with Crippen LogP contribution in [0.4, 0.5) is 13.2 Å². The van der Waals surface area contributed by atoms with Gasteiger partial charge in [0.05, 0.1) is 16.8 Å². The summed E-state index contributed by atoms with van der Waals surface area (Å²) < 4.78 is 43.7. The van der Waals surface area contributed by atoms with Crippen LogP contribution in [0.5, 0.6) is 0 Å². The van der Waals surface area contributed by atoms with E-state index in [0.717, 1.165) is 18.2 Å². The third-order valence-electron chi connectivity index (χ3n) is 3.63. The number of benzene rings is 2. The molecule has 144 valence electrons. The molecule has 0 atom stereocenters. The highest BCUT2D eigenvalue weighted by Gasteiger charge is 2.30. The first-order valence-electron chi connectivity index (χ1n) is 7.80. The van der Waals surface area contributed by atoms with Crippen LogP contribution in [0.2, 0.25) is 10.0 Å². The van der Waals surface area contributed by atoms with E-state index in [-0.39, 0.29) is 5.56 Å². The minimum Gasteiger partial charge on any atom is -0.455 e. The van der Waals surface area contributed by atoms with Crippen molar-refractivity contribution in [3.05, 3.63) is 81.5 Å². The summed E-state index contributed by atoms with van der Waals surface area (Å²) in [6.07, 6.45) is -3.31. The van der Waals surface area contributed by atoms with Crippen LogP contribution in [0, 0.1) is 0 Å². The fourth-order valence-electron chi connectivity index (χ4n) is 2.31. The van der Waals surface area contributed by atoms with Gasteiger partial charge in [0, 0.05) is 16.1 Å². The molecule has 3 rings (SSSR count). The predicted octanol–water partition coefficient (Wildman–Crippen LogP) is 6.04. The smallest absolute Gasteiger partial charge is 0.416 e. The number of hydrogen-bond donors (Lipinski definition) is 1. The van der Waals surface area contributed by atoms with Gasteiger partial charge in [-0.15, -0.1) is 0 Å². The number of hydrazone groups is 1. The van der Waals surface area contributed by atoms with Crippen LogP contribution < -0.4 is 5.43 Å². The van der Waals surface area contributed by atoms with Crippen LogP contribution in [-0.4, -0.2) is 12.1 Å². The number of alkyl halides is 3. The van der Waals surface area contributed by atoms with E-state index < -0.39 is 17.6 Å². The minimum absolute atomic E-state index is 0.167. The van der Waals surface area contributed by atoms with E-state index in [9.17, 15) is 18.0 Å². The van der Waals surface area contributed by atoms with Crippen LogP contribution in [0.15, 0.2) is 64.1 Å². The lowest BCUT2D eigenvalue weighted by molar-refractivity contribution is -0.137. The molecular weight excluding hydrogens is 416 g/mol. The van der Waals surface area contributed by atoms with E-state index in [1.54, 1.807) is 30.3 Å². The van der Waals surface area contributed by atoms with Gasteiger partial charge in [0.15, 0.2) is 0 Å². The number of carbonyl (C=O) groups is 1. The zero-order chi connectivity index (χ0) is 20.3. The van der Waals surface area contributed by atoms with Crippen molar-refractivity contribution in [1.82, 2.24) is 5.43 Å². The average Bonchev–Trinajstić information content (AvgIpc) is 3.09. The fraction of sp³-hybridized carbons (Fsp3) is 0.0526. The van der Waals surface area contributed by atoms with Crippen molar-refractivity contribution < 1.29 is 22.4 Å². The Balaban J connectivity index is 1.69. The van der Waals surface area contributed by atoms with Crippen LogP contribution in [0.25, 0.3) is 11.3 Å². The van der Waals surface area contributed by atoms with E-state index in [4.69, 9.17) is 27.6 Å². The third-order valence-corrected chi connectivity index (χ3v) is 4.18. The Labute approximate surface area is 167 Å². The predicted molar refractivity (Wildman–Crippen MR) is 101 cm³/mol. The largest absolute Gasteiger partial charge is 0.455 e. The Morgan fingerprint density at radius 2 is 1.86 bits per heavy atom. The standard InChI is InChI=1S/C19H11Cl2F3N2O2/c20-13-4-6-15(16(21)9-13)17-7-5-14(28-17)10-25-26-18(27)11-2-1-3-12(8-11)19(22,23)24/h1-10H,(H,26,27)/b25-10+. The fourth-order valence-corrected chi connectivity index (χ4v) is 2.81. The van der Waals surface area contributed by atoms with Gasteiger partial charge in [-0.25, -0.2) is 5.43 Å². The van der Waals surface area contributed by atoms with Crippen molar-refractivity contribution in [2.75, 3.05) is 0 Å². The Hall–Kier alpha value is -2.77. The molecule has 1 amide bonds. The molecule has 0 aliphatic carbocycles. The highest BCUT2D eigenvalue weighted by atomic mass is 35.5. The molecule has 0 saturated heterocycles. The van der Waals surface area contributed by atoms with Crippen LogP contribution in [0.1, 0.15) is 21.7 Å². The molecule has 0 aliphatic heterocycles. The van der Waals surface area contributed by atoms with Crippen LogP contribution in [0.3, 0.4) is 0 Å². The molecule has 1 aromatic heterocycles. The maximum Gasteiger partial charge on any atom is 0.416 e. The third kappa shape index (κ3) is 4.74. The van der Waals surface area contributed by atoms with Crippen LogP contribution >= 0.6 is 23.2 Å². The maximum absolute atomic E-state index is 12.7. The Morgan fingerprint density at radius 3 is 2.57 bits per heavy atom. The van der Waals surface area contributed by atoms with Gasteiger partial charge in [0.25, 0.3) is 5.91 Å². The Morgan fingerprint density at radius 1 is 1.07 bits per heavy atom. The van der Waals surface area contributed by atoms with Crippen molar-refractivity contribution >= 4 is 35.3 Å². The van der Waals surface area contributed by atoms with E-state index in [1.807, 2.05) is 0 Å².